The molecule has 1 aliphatic heterocycles. The van der Waals surface area contributed by atoms with Crippen molar-refractivity contribution in [2.45, 2.75) is 38.9 Å². The third-order valence-electron chi connectivity index (χ3n) is 4.03. The SMILES string of the molecule is CC1CCc2cc(C(C)Oc3ccc(N=C=O)cc3)ccc2O1. The van der Waals surface area contributed by atoms with Gasteiger partial charge < -0.3 is 9.47 Å². The molecule has 1 heterocycles. The number of nitrogens with zero attached hydrogens (tertiary/aromatic N) is 1. The third kappa shape index (κ3) is 3.61. The highest BCUT2D eigenvalue weighted by Crippen LogP contribution is 2.31. The number of benzene rings is 2. The average Bonchev–Trinajstić information content (AvgIpc) is 2.56. The summed E-state index contributed by atoms with van der Waals surface area (Å²) in [6.45, 7) is 4.12. The summed E-state index contributed by atoms with van der Waals surface area (Å²) < 4.78 is 11.8. The molecule has 0 fully saturated rings. The van der Waals surface area contributed by atoms with Gasteiger partial charge in [0, 0.05) is 0 Å². The molecule has 0 saturated carbocycles. The highest BCUT2D eigenvalue weighted by atomic mass is 16.5. The van der Waals surface area contributed by atoms with Gasteiger partial charge in [-0.3, -0.25) is 0 Å². The quantitative estimate of drug-likeness (QED) is 0.617. The maximum atomic E-state index is 10.2. The Morgan fingerprint density at radius 2 is 2.04 bits per heavy atom. The molecule has 0 amide bonds. The topological polar surface area (TPSA) is 47.9 Å². The molecular weight excluding hydrogens is 290 g/mol. The van der Waals surface area contributed by atoms with Gasteiger partial charge in [0.25, 0.3) is 0 Å². The lowest BCUT2D eigenvalue weighted by Gasteiger charge is -2.24. The molecule has 3 rings (SSSR count). The third-order valence-corrected chi connectivity index (χ3v) is 4.03. The standard InChI is InChI=1S/C19H19NO3/c1-13-3-4-16-11-15(5-10-19(16)22-13)14(2)23-18-8-6-17(7-9-18)20-12-21/h5-11,13-14H,3-4H2,1-2H3. The molecule has 2 aromatic rings. The number of isocyanates is 1. The van der Waals surface area contributed by atoms with Crippen molar-refractivity contribution in [3.63, 3.8) is 0 Å². The van der Waals surface area contributed by atoms with Crippen molar-refractivity contribution in [2.24, 2.45) is 4.99 Å². The first-order valence-electron chi connectivity index (χ1n) is 7.80. The maximum Gasteiger partial charge on any atom is 0.240 e. The number of hydrogen-bond acceptors (Lipinski definition) is 4. The molecule has 0 saturated heterocycles. The fourth-order valence-corrected chi connectivity index (χ4v) is 2.72. The number of aryl methyl sites for hydroxylation is 1. The van der Waals surface area contributed by atoms with Crippen LogP contribution < -0.4 is 9.47 Å². The minimum absolute atomic E-state index is 0.0694. The molecule has 4 nitrogen and oxygen atoms in total. The Balaban J connectivity index is 1.73. The van der Waals surface area contributed by atoms with Gasteiger partial charge in [-0.2, -0.15) is 4.99 Å². The summed E-state index contributed by atoms with van der Waals surface area (Å²) in [6.07, 6.45) is 3.82. The first-order chi connectivity index (χ1) is 11.2. The van der Waals surface area contributed by atoms with Crippen molar-refractivity contribution < 1.29 is 14.3 Å². The Hall–Kier alpha value is -2.58. The summed E-state index contributed by atoms with van der Waals surface area (Å²) in [5, 5.41) is 0. The average molecular weight is 309 g/mol. The zero-order valence-corrected chi connectivity index (χ0v) is 13.3. The van der Waals surface area contributed by atoms with Crippen LogP contribution in [0.5, 0.6) is 11.5 Å². The van der Waals surface area contributed by atoms with Crippen LogP contribution in [0, 0.1) is 0 Å². The van der Waals surface area contributed by atoms with Crippen LogP contribution in [-0.2, 0) is 11.2 Å². The lowest BCUT2D eigenvalue weighted by Crippen LogP contribution is -2.19. The van der Waals surface area contributed by atoms with Crippen LogP contribution in [0.4, 0.5) is 5.69 Å². The van der Waals surface area contributed by atoms with Crippen LogP contribution in [-0.4, -0.2) is 12.2 Å². The normalized spacial score (nSPS) is 17.4. The van der Waals surface area contributed by atoms with Gasteiger partial charge in [-0.1, -0.05) is 6.07 Å². The van der Waals surface area contributed by atoms with Crippen molar-refractivity contribution in [3.05, 3.63) is 53.6 Å². The molecule has 0 spiro atoms. The molecule has 2 aromatic carbocycles. The van der Waals surface area contributed by atoms with E-state index >= 15 is 0 Å². The lowest BCUT2D eigenvalue weighted by molar-refractivity contribution is 0.191. The van der Waals surface area contributed by atoms with E-state index in [0.29, 0.717) is 5.69 Å². The fourth-order valence-electron chi connectivity index (χ4n) is 2.72. The molecule has 118 valence electrons. The van der Waals surface area contributed by atoms with Crippen LogP contribution >= 0.6 is 0 Å². The van der Waals surface area contributed by atoms with Crippen LogP contribution in [0.3, 0.4) is 0 Å². The van der Waals surface area contributed by atoms with Crippen LogP contribution in [0.2, 0.25) is 0 Å². The zero-order chi connectivity index (χ0) is 16.2. The molecule has 1 aliphatic rings. The molecule has 0 bridgehead atoms. The van der Waals surface area contributed by atoms with E-state index in [4.69, 9.17) is 9.47 Å². The Bertz CT molecular complexity index is 733. The number of rotatable bonds is 4. The first kappa shape index (κ1) is 15.3. The van der Waals surface area contributed by atoms with Gasteiger partial charge in [0.05, 0.1) is 11.8 Å². The Morgan fingerprint density at radius 1 is 1.26 bits per heavy atom. The van der Waals surface area contributed by atoms with Gasteiger partial charge in [0.15, 0.2) is 0 Å². The smallest absolute Gasteiger partial charge is 0.240 e. The summed E-state index contributed by atoms with van der Waals surface area (Å²) in [6, 6.07) is 13.3. The van der Waals surface area contributed by atoms with Crippen molar-refractivity contribution in [3.8, 4) is 11.5 Å². The molecule has 0 aliphatic carbocycles. The van der Waals surface area contributed by atoms with Crippen LogP contribution in [0.15, 0.2) is 47.5 Å². The highest BCUT2D eigenvalue weighted by molar-refractivity contribution is 5.50. The Kier molecular flexibility index (Phi) is 4.45. The molecule has 4 heteroatoms. The number of ether oxygens (including phenoxy) is 2. The predicted molar refractivity (Wildman–Crippen MR) is 88.1 cm³/mol. The molecule has 0 radical (unpaired) electrons. The number of aliphatic imine (C=N–C) groups is 1. The summed E-state index contributed by atoms with van der Waals surface area (Å²) in [7, 11) is 0. The monoisotopic (exact) mass is 309 g/mol. The Morgan fingerprint density at radius 3 is 2.78 bits per heavy atom. The van der Waals surface area contributed by atoms with E-state index in [1.807, 2.05) is 19.1 Å². The summed E-state index contributed by atoms with van der Waals surface area (Å²) >= 11 is 0. The van der Waals surface area contributed by atoms with Gasteiger partial charge in [0.1, 0.15) is 17.6 Å². The molecule has 0 N–H and O–H groups in total. The van der Waals surface area contributed by atoms with Crippen molar-refractivity contribution in [1.29, 1.82) is 0 Å². The second-order valence-corrected chi connectivity index (χ2v) is 5.79. The van der Waals surface area contributed by atoms with E-state index in [2.05, 4.69) is 18.0 Å². The van der Waals surface area contributed by atoms with E-state index in [0.717, 1.165) is 29.9 Å². The van der Waals surface area contributed by atoms with Crippen LogP contribution in [0.25, 0.3) is 0 Å². The highest BCUT2D eigenvalue weighted by Gasteiger charge is 2.18. The molecule has 0 aromatic heterocycles. The van der Waals surface area contributed by atoms with Gasteiger partial charge in [-0.05, 0) is 74.2 Å². The summed E-state index contributed by atoms with van der Waals surface area (Å²) in [5.41, 5.74) is 2.93. The Labute approximate surface area is 135 Å². The number of carbonyl (C=O) groups excluding carboxylic acids is 1. The first-order valence-corrected chi connectivity index (χ1v) is 7.80. The number of fused-ring (bicyclic) bond motifs is 1. The van der Waals surface area contributed by atoms with Crippen molar-refractivity contribution in [1.82, 2.24) is 0 Å². The fraction of sp³-hybridized carbons (Fsp3) is 0.316. The zero-order valence-electron chi connectivity index (χ0n) is 13.3. The van der Waals surface area contributed by atoms with Gasteiger partial charge in [0.2, 0.25) is 6.08 Å². The predicted octanol–water partition coefficient (Wildman–Crippen LogP) is 4.51. The summed E-state index contributed by atoms with van der Waals surface area (Å²) in [4.78, 5) is 13.8. The van der Waals surface area contributed by atoms with Gasteiger partial charge in [-0.25, -0.2) is 4.79 Å². The number of hydrogen-bond donors (Lipinski definition) is 0. The van der Waals surface area contributed by atoms with E-state index in [1.165, 1.54) is 11.6 Å². The molecule has 23 heavy (non-hydrogen) atoms. The van der Waals surface area contributed by atoms with E-state index in [-0.39, 0.29) is 12.2 Å². The minimum atomic E-state index is -0.0694. The molecular formula is C19H19NO3. The largest absolute Gasteiger partial charge is 0.490 e. The summed E-state index contributed by atoms with van der Waals surface area (Å²) in [5.74, 6) is 1.72. The van der Waals surface area contributed by atoms with Crippen molar-refractivity contribution in [2.75, 3.05) is 0 Å². The maximum absolute atomic E-state index is 10.2. The van der Waals surface area contributed by atoms with E-state index in [9.17, 15) is 4.79 Å². The van der Waals surface area contributed by atoms with Crippen LogP contribution in [0.1, 0.15) is 37.5 Å². The lowest BCUT2D eigenvalue weighted by atomic mass is 9.99. The van der Waals surface area contributed by atoms with Gasteiger partial charge in [-0.15, -0.1) is 0 Å². The van der Waals surface area contributed by atoms with Crippen molar-refractivity contribution >= 4 is 11.8 Å². The molecule has 2 unspecified atom stereocenters. The second kappa shape index (κ2) is 6.67. The van der Waals surface area contributed by atoms with E-state index in [1.54, 1.807) is 24.3 Å². The second-order valence-electron chi connectivity index (χ2n) is 5.79. The van der Waals surface area contributed by atoms with Gasteiger partial charge >= 0.3 is 0 Å². The molecule has 2 atom stereocenters. The minimum Gasteiger partial charge on any atom is -0.490 e. The van der Waals surface area contributed by atoms with E-state index < -0.39 is 0 Å².